The van der Waals surface area contributed by atoms with E-state index in [4.69, 9.17) is 5.26 Å². The van der Waals surface area contributed by atoms with Crippen molar-refractivity contribution in [2.45, 2.75) is 26.8 Å². The molecule has 0 amide bonds. The van der Waals surface area contributed by atoms with Crippen LogP contribution in [0, 0.1) is 18.3 Å². The Morgan fingerprint density at radius 2 is 2.07 bits per heavy atom. The van der Waals surface area contributed by atoms with Crippen LogP contribution in [-0.4, -0.2) is 23.1 Å². The van der Waals surface area contributed by atoms with Gasteiger partial charge in [-0.05, 0) is 26.8 Å². The van der Waals surface area contributed by atoms with Crippen LogP contribution in [0.15, 0.2) is 6.07 Å². The number of hydrogen-bond donors (Lipinski definition) is 0. The summed E-state index contributed by atoms with van der Waals surface area (Å²) >= 11 is 0. The van der Waals surface area contributed by atoms with Crippen molar-refractivity contribution in [2.24, 2.45) is 0 Å². The van der Waals surface area contributed by atoms with Gasteiger partial charge in [0.25, 0.3) is 0 Å². The molecule has 4 nitrogen and oxygen atoms in total. The fraction of sp³-hybridized carbons (Fsp3) is 0.500. The number of anilines is 1. The molecule has 74 valence electrons. The lowest BCUT2D eigenvalue weighted by molar-refractivity contribution is 0.726. The molecule has 0 atom stereocenters. The van der Waals surface area contributed by atoms with Crippen molar-refractivity contribution < 1.29 is 0 Å². The minimum absolute atomic E-state index is 0.323. The summed E-state index contributed by atoms with van der Waals surface area (Å²) in [6.07, 6.45) is 0. The van der Waals surface area contributed by atoms with Crippen LogP contribution in [0.25, 0.3) is 0 Å². The summed E-state index contributed by atoms with van der Waals surface area (Å²) in [6.45, 7) is 5.97. The third kappa shape index (κ3) is 2.19. The van der Waals surface area contributed by atoms with E-state index in [-0.39, 0.29) is 0 Å². The molecule has 0 fully saturated rings. The molecule has 1 rings (SSSR count). The van der Waals surface area contributed by atoms with Crippen molar-refractivity contribution in [3.05, 3.63) is 17.5 Å². The first kappa shape index (κ1) is 10.5. The Morgan fingerprint density at radius 3 is 2.57 bits per heavy atom. The first-order valence-electron chi connectivity index (χ1n) is 4.53. The summed E-state index contributed by atoms with van der Waals surface area (Å²) in [7, 11) is 1.92. The summed E-state index contributed by atoms with van der Waals surface area (Å²) in [5.74, 6) is 0.608. The lowest BCUT2D eigenvalue weighted by atomic mass is 10.3. The molecule has 0 saturated carbocycles. The van der Waals surface area contributed by atoms with Gasteiger partial charge in [-0.15, -0.1) is 0 Å². The van der Waals surface area contributed by atoms with Gasteiger partial charge in [0.15, 0.2) is 0 Å². The maximum atomic E-state index is 8.75. The maximum Gasteiger partial charge on any atom is 0.226 e. The van der Waals surface area contributed by atoms with Crippen LogP contribution >= 0.6 is 0 Å². The maximum absolute atomic E-state index is 8.75. The number of nitriles is 1. The van der Waals surface area contributed by atoms with Gasteiger partial charge >= 0.3 is 0 Å². The fourth-order valence-corrected chi connectivity index (χ4v) is 0.999. The molecular formula is C10H14N4. The van der Waals surface area contributed by atoms with Gasteiger partial charge in [0.2, 0.25) is 5.95 Å². The second-order valence-electron chi connectivity index (χ2n) is 3.51. The molecule has 0 aliphatic carbocycles. The lowest BCUT2D eigenvalue weighted by Gasteiger charge is -2.21. The van der Waals surface area contributed by atoms with Crippen molar-refractivity contribution in [1.82, 2.24) is 9.97 Å². The largest absolute Gasteiger partial charge is 0.341 e. The van der Waals surface area contributed by atoms with Gasteiger partial charge in [-0.2, -0.15) is 5.26 Å². The molecule has 1 aromatic heterocycles. The first-order valence-corrected chi connectivity index (χ1v) is 4.53. The van der Waals surface area contributed by atoms with E-state index in [2.05, 4.69) is 23.8 Å². The highest BCUT2D eigenvalue weighted by Crippen LogP contribution is 2.10. The average Bonchev–Trinajstić information content (AvgIpc) is 2.15. The molecule has 0 saturated heterocycles. The Balaban J connectivity index is 3.10. The van der Waals surface area contributed by atoms with E-state index < -0.39 is 0 Å². The van der Waals surface area contributed by atoms with Gasteiger partial charge in [-0.25, -0.2) is 9.97 Å². The zero-order valence-corrected chi connectivity index (χ0v) is 8.94. The van der Waals surface area contributed by atoms with Crippen LogP contribution in [0.2, 0.25) is 0 Å². The van der Waals surface area contributed by atoms with E-state index in [1.165, 1.54) is 0 Å². The van der Waals surface area contributed by atoms with E-state index in [1.54, 1.807) is 6.07 Å². The van der Waals surface area contributed by atoms with E-state index in [0.717, 1.165) is 5.69 Å². The predicted octanol–water partition coefficient (Wildman–Crippen LogP) is 1.50. The van der Waals surface area contributed by atoms with Crippen molar-refractivity contribution in [2.75, 3.05) is 11.9 Å². The molecular weight excluding hydrogens is 176 g/mol. The summed E-state index contributed by atoms with van der Waals surface area (Å²) in [6, 6.07) is 4.02. The minimum atomic E-state index is 0.323. The second-order valence-corrected chi connectivity index (χ2v) is 3.51. The normalized spacial score (nSPS) is 10.0. The Kier molecular flexibility index (Phi) is 3.03. The van der Waals surface area contributed by atoms with Gasteiger partial charge in [0.1, 0.15) is 11.8 Å². The monoisotopic (exact) mass is 190 g/mol. The Bertz CT molecular complexity index is 365. The summed E-state index contributed by atoms with van der Waals surface area (Å²) in [5, 5.41) is 8.75. The Hall–Kier alpha value is -1.63. The molecule has 0 bridgehead atoms. The molecule has 0 radical (unpaired) electrons. The van der Waals surface area contributed by atoms with Gasteiger partial charge < -0.3 is 4.90 Å². The third-order valence-electron chi connectivity index (χ3n) is 2.05. The number of aryl methyl sites for hydroxylation is 1. The first-order chi connectivity index (χ1) is 6.54. The van der Waals surface area contributed by atoms with Crippen LogP contribution in [0.5, 0.6) is 0 Å². The SMILES string of the molecule is Cc1cc(C#N)nc(N(C)C(C)C)n1. The van der Waals surface area contributed by atoms with E-state index in [0.29, 0.717) is 17.7 Å². The molecule has 0 unspecified atom stereocenters. The van der Waals surface area contributed by atoms with Crippen molar-refractivity contribution in [3.8, 4) is 6.07 Å². The van der Waals surface area contributed by atoms with Gasteiger partial charge in [-0.1, -0.05) is 0 Å². The molecule has 1 aromatic rings. The summed E-state index contributed by atoms with van der Waals surface area (Å²) < 4.78 is 0. The standard InChI is InChI=1S/C10H14N4/c1-7(2)14(4)10-12-8(3)5-9(6-11)13-10/h5,7H,1-4H3. The number of hydrogen-bond acceptors (Lipinski definition) is 4. The predicted molar refractivity (Wildman–Crippen MR) is 55.0 cm³/mol. The highest BCUT2D eigenvalue weighted by atomic mass is 15.2. The van der Waals surface area contributed by atoms with Crippen LogP contribution < -0.4 is 4.90 Å². The summed E-state index contributed by atoms with van der Waals surface area (Å²) in [5.41, 5.74) is 1.24. The number of aromatic nitrogens is 2. The van der Waals surface area contributed by atoms with E-state index in [1.807, 2.05) is 24.9 Å². The van der Waals surface area contributed by atoms with Crippen molar-refractivity contribution in [3.63, 3.8) is 0 Å². The minimum Gasteiger partial charge on any atom is -0.341 e. The second kappa shape index (κ2) is 4.05. The Labute approximate surface area is 84.2 Å². The smallest absolute Gasteiger partial charge is 0.226 e. The summed E-state index contributed by atoms with van der Waals surface area (Å²) in [4.78, 5) is 10.3. The van der Waals surface area contributed by atoms with Crippen molar-refractivity contribution >= 4 is 5.95 Å². The molecule has 4 heteroatoms. The quantitative estimate of drug-likeness (QED) is 0.709. The van der Waals surface area contributed by atoms with Crippen molar-refractivity contribution in [1.29, 1.82) is 5.26 Å². The van der Waals surface area contributed by atoms with Crippen LogP contribution in [0.4, 0.5) is 5.95 Å². The topological polar surface area (TPSA) is 52.8 Å². The molecule has 0 aliphatic heterocycles. The Morgan fingerprint density at radius 1 is 1.43 bits per heavy atom. The molecule has 1 heterocycles. The zero-order valence-electron chi connectivity index (χ0n) is 8.94. The zero-order chi connectivity index (χ0) is 10.7. The average molecular weight is 190 g/mol. The van der Waals surface area contributed by atoms with Gasteiger partial charge in [-0.3, -0.25) is 0 Å². The lowest BCUT2D eigenvalue weighted by Crippen LogP contribution is -2.27. The molecule has 14 heavy (non-hydrogen) atoms. The molecule has 0 aliphatic rings. The molecule has 0 aromatic carbocycles. The molecule has 0 N–H and O–H groups in total. The van der Waals surface area contributed by atoms with Crippen LogP contribution in [-0.2, 0) is 0 Å². The number of rotatable bonds is 2. The molecule has 0 spiro atoms. The fourth-order valence-electron chi connectivity index (χ4n) is 0.999. The van der Waals surface area contributed by atoms with Gasteiger partial charge in [0, 0.05) is 18.8 Å². The van der Waals surface area contributed by atoms with Crippen LogP contribution in [0.3, 0.4) is 0 Å². The van der Waals surface area contributed by atoms with Gasteiger partial charge in [0.05, 0.1) is 0 Å². The number of nitrogens with zero attached hydrogens (tertiary/aromatic N) is 4. The van der Waals surface area contributed by atoms with Crippen LogP contribution in [0.1, 0.15) is 25.2 Å². The highest BCUT2D eigenvalue weighted by Gasteiger charge is 2.09. The third-order valence-corrected chi connectivity index (χ3v) is 2.05. The van der Waals surface area contributed by atoms with E-state index in [9.17, 15) is 0 Å². The van der Waals surface area contributed by atoms with E-state index >= 15 is 0 Å². The highest BCUT2D eigenvalue weighted by molar-refractivity contribution is 5.35.